The predicted molar refractivity (Wildman–Crippen MR) is 152 cm³/mol. The molecule has 0 aromatic carbocycles. The summed E-state index contributed by atoms with van der Waals surface area (Å²) in [5.41, 5.74) is -1.17. The molecule has 0 aromatic rings. The molecule has 0 radical (unpaired) electrons. The monoisotopic (exact) mass is 604 g/mol. The van der Waals surface area contributed by atoms with Gasteiger partial charge in [-0.2, -0.15) is 0 Å². The van der Waals surface area contributed by atoms with Crippen molar-refractivity contribution in [2.24, 2.45) is 53.3 Å². The van der Waals surface area contributed by atoms with Crippen LogP contribution in [0.15, 0.2) is 0 Å². The molecule has 8 heterocycles. The average molecular weight is 605 g/mol. The van der Waals surface area contributed by atoms with Gasteiger partial charge < -0.3 is 23.7 Å². The minimum atomic E-state index is -0.802. The lowest BCUT2D eigenvalue weighted by Crippen LogP contribution is -2.70. The number of aldehydes is 1. The van der Waals surface area contributed by atoms with Crippen molar-refractivity contribution >= 4 is 6.29 Å². The summed E-state index contributed by atoms with van der Waals surface area (Å²) < 4.78 is 26.8. The van der Waals surface area contributed by atoms with Gasteiger partial charge in [-0.15, -0.1) is 0 Å². The van der Waals surface area contributed by atoms with Gasteiger partial charge in [0.15, 0.2) is 23.8 Å². The van der Waals surface area contributed by atoms with Gasteiger partial charge in [-0.25, -0.2) is 19.6 Å². The van der Waals surface area contributed by atoms with E-state index in [0.29, 0.717) is 36.5 Å². The highest BCUT2D eigenvalue weighted by molar-refractivity contribution is 5.53. The minimum absolute atomic E-state index is 0.109. The van der Waals surface area contributed by atoms with Crippen LogP contribution in [-0.2, 0) is 43.3 Å². The Morgan fingerprint density at radius 1 is 0.628 bits per heavy atom. The van der Waals surface area contributed by atoms with Crippen LogP contribution in [0, 0.1) is 53.3 Å². The Morgan fingerprint density at radius 3 is 1.49 bits per heavy atom. The summed E-state index contributed by atoms with van der Waals surface area (Å²) in [6, 6.07) is 0. The van der Waals surface area contributed by atoms with E-state index in [9.17, 15) is 4.79 Å². The van der Waals surface area contributed by atoms with Crippen molar-refractivity contribution in [1.29, 1.82) is 0 Å². The van der Waals surface area contributed by atoms with Crippen molar-refractivity contribution in [2.75, 3.05) is 0 Å². The molecule has 8 saturated heterocycles. The van der Waals surface area contributed by atoms with E-state index in [1.54, 1.807) is 0 Å². The van der Waals surface area contributed by atoms with Crippen molar-refractivity contribution in [2.45, 2.75) is 153 Å². The van der Waals surface area contributed by atoms with Gasteiger partial charge in [-0.05, 0) is 101 Å². The largest absolute Gasteiger partial charge is 0.346 e. The van der Waals surface area contributed by atoms with E-state index in [4.69, 9.17) is 38.5 Å². The first-order valence-electron chi connectivity index (χ1n) is 17.4. The third-order valence-corrected chi connectivity index (χ3v) is 13.9. The maximum absolute atomic E-state index is 12.7. The number of carbonyl (C=O) groups is 1. The molecule has 2 saturated carbocycles. The van der Waals surface area contributed by atoms with Crippen molar-refractivity contribution in [3.63, 3.8) is 0 Å². The summed E-state index contributed by atoms with van der Waals surface area (Å²) in [6.07, 6.45) is 9.26. The van der Waals surface area contributed by atoms with Crippen molar-refractivity contribution in [1.82, 2.24) is 0 Å². The SMILES string of the molecule is C[C@H]1[C@@H](CC(C=O)C[C@H]2O[C@@H]3O[C@@]4(C)CC[C@H]5[C@H](C)CC[C@@H]([C@H]2C)[C@@]35OO4)O[C@@H]2O[C@@]3(C)CC[C@H]4[C@H](C)CC[C@@H]1[C@@]24OO3. The number of carbonyl (C=O) groups excluding carboxylic acids is 1. The average Bonchev–Trinajstić information content (AvgIpc) is 3.35. The molecule has 16 atom stereocenters. The Morgan fingerprint density at radius 2 is 1.07 bits per heavy atom. The van der Waals surface area contributed by atoms with Gasteiger partial charge in [0.25, 0.3) is 0 Å². The van der Waals surface area contributed by atoms with E-state index in [-0.39, 0.29) is 41.8 Å². The molecule has 10 rings (SSSR count). The highest BCUT2D eigenvalue weighted by atomic mass is 17.3. The quantitative estimate of drug-likeness (QED) is 0.273. The molecule has 43 heavy (non-hydrogen) atoms. The molecule has 0 amide bonds. The summed E-state index contributed by atoms with van der Waals surface area (Å²) in [4.78, 5) is 37.4. The van der Waals surface area contributed by atoms with E-state index < -0.39 is 35.4 Å². The van der Waals surface area contributed by atoms with Gasteiger partial charge in [-0.3, -0.25) is 0 Å². The number of hydrogen-bond donors (Lipinski definition) is 0. The molecule has 9 heteroatoms. The smallest absolute Gasteiger partial charge is 0.201 e. The first kappa shape index (κ1) is 29.7. The first-order chi connectivity index (χ1) is 20.5. The fraction of sp³-hybridized carbons (Fsp3) is 0.971. The molecule has 8 aliphatic heterocycles. The van der Waals surface area contributed by atoms with E-state index in [1.165, 1.54) is 12.8 Å². The summed E-state index contributed by atoms with van der Waals surface area (Å²) in [5.74, 6) is 0.841. The lowest BCUT2D eigenvalue weighted by Gasteiger charge is -2.61. The first-order valence-corrected chi connectivity index (χ1v) is 17.4. The number of rotatable bonds is 5. The maximum atomic E-state index is 12.7. The standard InChI is InChI=1S/C34H52O9/c1-18-7-9-25-20(3)27(36-29-33(25)23(18)11-13-31(5,38-29)40-42-33)15-22(17-35)16-28-21(4)26-10-8-19(2)24-12-14-32(6)39-30(37-28)34(24,26)43-41-32/h17-30H,7-16H2,1-6H3/t18-,19-,20-,21-,23+,24+,25+,26+,27-,28-,29-,30-,31-,32-,33-,34-/m1/s1. The zero-order valence-corrected chi connectivity index (χ0v) is 26.8. The van der Waals surface area contributed by atoms with E-state index in [0.717, 1.165) is 44.8 Å². The Labute approximate surface area is 256 Å². The van der Waals surface area contributed by atoms with Crippen LogP contribution in [0.5, 0.6) is 0 Å². The topological polar surface area (TPSA) is 90.9 Å². The summed E-state index contributed by atoms with van der Waals surface area (Å²) in [6.45, 7) is 13.1. The van der Waals surface area contributed by atoms with Gasteiger partial charge in [0.1, 0.15) is 6.29 Å². The number of fused-ring (bicyclic) bond motifs is 4. The zero-order valence-electron chi connectivity index (χ0n) is 26.8. The van der Waals surface area contributed by atoms with Crippen LogP contribution in [-0.4, -0.2) is 53.9 Å². The van der Waals surface area contributed by atoms with E-state index >= 15 is 0 Å². The lowest BCUT2D eigenvalue weighted by atomic mass is 9.56. The molecule has 0 unspecified atom stereocenters. The molecular weight excluding hydrogens is 552 g/mol. The van der Waals surface area contributed by atoms with Crippen molar-refractivity contribution < 1.29 is 43.3 Å². The Kier molecular flexibility index (Phi) is 7.03. The Hall–Kier alpha value is -0.650. The molecular formula is C34H52O9. The van der Waals surface area contributed by atoms with Crippen molar-refractivity contribution in [3.05, 3.63) is 0 Å². The van der Waals surface area contributed by atoms with Crippen LogP contribution in [0.2, 0.25) is 0 Å². The zero-order chi connectivity index (χ0) is 29.9. The summed E-state index contributed by atoms with van der Waals surface area (Å²) in [5, 5.41) is 0. The van der Waals surface area contributed by atoms with Gasteiger partial charge in [0, 0.05) is 30.6 Å². The van der Waals surface area contributed by atoms with Crippen LogP contribution < -0.4 is 0 Å². The molecule has 9 nitrogen and oxygen atoms in total. The third kappa shape index (κ3) is 4.21. The van der Waals surface area contributed by atoms with Crippen LogP contribution in [0.25, 0.3) is 0 Å². The molecule has 0 aromatic heterocycles. The Balaban J connectivity index is 1.02. The minimum Gasteiger partial charge on any atom is -0.346 e. The molecule has 242 valence electrons. The number of hydrogen-bond acceptors (Lipinski definition) is 9. The van der Waals surface area contributed by atoms with E-state index in [2.05, 4.69) is 27.7 Å². The normalized spacial score (nSPS) is 59.4. The van der Waals surface area contributed by atoms with Crippen LogP contribution in [0.1, 0.15) is 106 Å². The fourth-order valence-corrected chi connectivity index (χ4v) is 11.3. The predicted octanol–water partition coefficient (Wildman–Crippen LogP) is 6.08. The highest BCUT2D eigenvalue weighted by Gasteiger charge is 2.71. The Bertz CT molecular complexity index is 1020. The molecule has 0 N–H and O–H groups in total. The second-order valence-electron chi connectivity index (χ2n) is 16.3. The number of ether oxygens (including phenoxy) is 4. The molecule has 4 bridgehead atoms. The third-order valence-electron chi connectivity index (χ3n) is 13.9. The maximum Gasteiger partial charge on any atom is 0.201 e. The lowest BCUT2D eigenvalue weighted by molar-refractivity contribution is -0.571. The van der Waals surface area contributed by atoms with Gasteiger partial charge in [0.2, 0.25) is 11.6 Å². The highest BCUT2D eigenvalue weighted by Crippen LogP contribution is 2.63. The summed E-state index contributed by atoms with van der Waals surface area (Å²) >= 11 is 0. The van der Waals surface area contributed by atoms with E-state index in [1.807, 2.05) is 13.8 Å². The van der Waals surface area contributed by atoms with Crippen LogP contribution >= 0.6 is 0 Å². The molecule has 2 aliphatic carbocycles. The molecule has 10 fully saturated rings. The van der Waals surface area contributed by atoms with Gasteiger partial charge >= 0.3 is 0 Å². The van der Waals surface area contributed by atoms with Gasteiger partial charge in [0.05, 0.1) is 12.2 Å². The van der Waals surface area contributed by atoms with Crippen LogP contribution in [0.3, 0.4) is 0 Å². The second kappa shape index (κ2) is 10.2. The fourth-order valence-electron chi connectivity index (χ4n) is 11.3. The van der Waals surface area contributed by atoms with Crippen LogP contribution in [0.4, 0.5) is 0 Å². The van der Waals surface area contributed by atoms with Gasteiger partial charge in [-0.1, -0.05) is 27.7 Å². The molecule has 10 aliphatic rings. The van der Waals surface area contributed by atoms with Crippen molar-refractivity contribution in [3.8, 4) is 0 Å². The summed E-state index contributed by atoms with van der Waals surface area (Å²) in [7, 11) is 0. The molecule has 2 spiro atoms. The second-order valence-corrected chi connectivity index (χ2v) is 16.3.